The van der Waals surface area contributed by atoms with Gasteiger partial charge in [-0.2, -0.15) is 0 Å². The molecule has 0 aliphatic rings. The Morgan fingerprint density at radius 2 is 0.741 bits per heavy atom. The van der Waals surface area contributed by atoms with Gasteiger partial charge < -0.3 is 20.7 Å². The van der Waals surface area contributed by atoms with Crippen LogP contribution in [0.5, 0.6) is 5.88 Å². The maximum atomic E-state index is 14.3. The van der Waals surface area contributed by atoms with Gasteiger partial charge in [-0.1, -0.05) is 140 Å². The monoisotopic (exact) mass is 1570 g/mol. The number of sulfonamides is 1. The molecule has 7 aromatic heterocycles. The first-order valence-electron chi connectivity index (χ1n) is 36.4. The topological polar surface area (TPSA) is 295 Å². The minimum atomic E-state index is -3.41. The Labute approximate surface area is 668 Å². The lowest BCUT2D eigenvalue weighted by Crippen LogP contribution is -2.26. The minimum absolute atomic E-state index is 0.170. The molecule has 0 unspecified atom stereocenters. The van der Waals surface area contributed by atoms with Crippen molar-refractivity contribution in [3.63, 3.8) is 0 Å². The van der Waals surface area contributed by atoms with Crippen LogP contribution in [0.25, 0.3) is 97.4 Å². The van der Waals surface area contributed by atoms with Crippen LogP contribution < -0.4 is 42.1 Å². The van der Waals surface area contributed by atoms with Gasteiger partial charge in [-0.15, -0.1) is 0 Å². The third-order valence-electron chi connectivity index (χ3n) is 19.0. The zero-order chi connectivity index (χ0) is 82.1. The van der Waals surface area contributed by atoms with Crippen molar-refractivity contribution >= 4 is 92.4 Å². The van der Waals surface area contributed by atoms with E-state index >= 15 is 0 Å². The Hall–Kier alpha value is -14.9. The lowest BCUT2D eigenvalue weighted by atomic mass is 9.97. The molecule has 4 N–H and O–H groups in total. The van der Waals surface area contributed by atoms with E-state index in [1.165, 1.54) is 24.8 Å². The number of benzene rings is 8. The molecule has 0 spiro atoms. The van der Waals surface area contributed by atoms with Crippen molar-refractivity contribution in [3.05, 3.63) is 349 Å². The van der Waals surface area contributed by atoms with Crippen molar-refractivity contribution < 1.29 is 21.6 Å². The Balaban J connectivity index is 0.000000151. The van der Waals surface area contributed by atoms with Crippen LogP contribution in [0.3, 0.4) is 0 Å². The van der Waals surface area contributed by atoms with E-state index in [4.69, 9.17) is 24.5 Å². The van der Waals surface area contributed by atoms with Gasteiger partial charge in [0.2, 0.25) is 33.0 Å². The van der Waals surface area contributed by atoms with Crippen molar-refractivity contribution in [1.29, 1.82) is 0 Å². The van der Waals surface area contributed by atoms with E-state index in [0.29, 0.717) is 114 Å². The number of anilines is 4. The van der Waals surface area contributed by atoms with Crippen LogP contribution in [-0.2, 0) is 19.9 Å². The Morgan fingerprint density at radius 3 is 1.08 bits per heavy atom. The molecule has 0 aliphatic carbocycles. The summed E-state index contributed by atoms with van der Waals surface area (Å²) in [4.78, 5) is 83.8. The number of aromatic nitrogens is 10. The van der Waals surface area contributed by atoms with E-state index in [0.717, 1.165) is 56.0 Å². The summed E-state index contributed by atoms with van der Waals surface area (Å²) < 4.78 is 60.0. The Bertz CT molecular complexity index is 6850. The number of pyridine rings is 4. The van der Waals surface area contributed by atoms with E-state index < -0.39 is 31.9 Å². The molecule has 15 rings (SSSR count). The molecule has 0 bridgehead atoms. The van der Waals surface area contributed by atoms with Crippen molar-refractivity contribution in [3.8, 4) is 56.5 Å². The number of hydrogen-bond donors (Lipinski definition) is 4. The summed E-state index contributed by atoms with van der Waals surface area (Å²) in [5.41, 5.74) is 9.32. The first-order valence-corrected chi connectivity index (χ1v) is 40.2. The largest absolute Gasteiger partial charge is 0.481 e. The second kappa shape index (κ2) is 34.0. The van der Waals surface area contributed by atoms with Gasteiger partial charge in [0.05, 0.1) is 78.0 Å². The zero-order valence-corrected chi connectivity index (χ0v) is 65.9. The first-order chi connectivity index (χ1) is 55.8. The Kier molecular flexibility index (Phi) is 23.2. The van der Waals surface area contributed by atoms with Gasteiger partial charge in [0, 0.05) is 76.3 Å². The van der Waals surface area contributed by atoms with Gasteiger partial charge in [-0.05, 0) is 165 Å². The maximum absolute atomic E-state index is 14.3. The van der Waals surface area contributed by atoms with Crippen LogP contribution in [-0.4, -0.2) is 85.0 Å². The summed E-state index contributed by atoms with van der Waals surface area (Å²) in [7, 11) is -5.19. The molecule has 0 fully saturated rings. The standard InChI is InChI=1S/C30H26N6O3S.C30H25N5O3S.C29H24N6O2/c1-19(33-29-26(31-3)18-32-20(2)34-29)27-17-22-9-8-12-25(21-13-15-23(16-14-21)35-40(4,38)39)28(22)30(37)36(27)24-10-6-5-7-11-24;1-19(33-29-26(31-3)18-32-20(2)34-29)27-17-22-9-8-12-25(21-13-15-24(16-14-21)39(4,37)38)28(22)30(36)35(27)23-10-6-5-7-11-23;1-18(32-28-24(30-3)17-31-19(2)33-28)25-16-20-10-8-13-22(23-14-9-15-26(34-23)37-4)27(20)29(36)35(25)21-11-6-5-7-12-21/h5-19,35H,1-2,4H3,(H,32,33,34);5-19H,1-2,4H3,(H,32,33,34);5-18H,1-2,4H3,(H,31,32,33)/t2*19-;18-/m000/s1. The SMILES string of the molecule is [C-]#[N+]c1cnc(C)nc1N[C@@H](C)c1cc2cccc(-c3ccc(NS(C)(=O)=O)cc3)c2c(=O)n1-c1ccccc1.[C-]#[N+]c1cnc(C)nc1N[C@@H](C)c1cc2cccc(-c3ccc(S(C)(=O)=O)cc3)c2c(=O)n1-c1ccccc1.[C-]#[N+]c1cnc(C)nc1N[C@@H](C)c1cc2cccc(-c3cccc(OC)n3)c2c(=O)n1-c1ccccc1. The molecule has 116 heavy (non-hydrogen) atoms. The van der Waals surface area contributed by atoms with Gasteiger partial charge in [-0.25, -0.2) is 51.3 Å². The summed E-state index contributed by atoms with van der Waals surface area (Å²) >= 11 is 0. The molecular weight excluding hydrogens is 1500 g/mol. The molecule has 7 heterocycles. The predicted octanol–water partition coefficient (Wildman–Crippen LogP) is 17.6. The van der Waals surface area contributed by atoms with Crippen molar-refractivity contribution in [2.75, 3.05) is 40.3 Å². The van der Waals surface area contributed by atoms with Gasteiger partial charge in [0.15, 0.2) is 9.84 Å². The molecule has 0 saturated heterocycles. The lowest BCUT2D eigenvalue weighted by molar-refractivity contribution is 0.398. The van der Waals surface area contributed by atoms with Crippen LogP contribution in [0, 0.1) is 40.5 Å². The molecule has 3 atom stereocenters. The van der Waals surface area contributed by atoms with E-state index in [1.54, 1.807) is 96.2 Å². The number of sulfone groups is 1. The van der Waals surface area contributed by atoms with E-state index in [-0.39, 0.29) is 27.6 Å². The average molecular weight is 1570 g/mol. The second-order valence-electron chi connectivity index (χ2n) is 27.1. The summed E-state index contributed by atoms with van der Waals surface area (Å²) in [6.45, 7) is 33.5. The van der Waals surface area contributed by atoms with Gasteiger partial charge in [0.25, 0.3) is 16.7 Å². The van der Waals surface area contributed by atoms with E-state index in [1.807, 2.05) is 197 Å². The Morgan fingerprint density at radius 1 is 0.405 bits per heavy atom. The molecule has 0 amide bonds. The third kappa shape index (κ3) is 17.3. The summed E-state index contributed by atoms with van der Waals surface area (Å²) in [5, 5.41) is 13.8. The minimum Gasteiger partial charge on any atom is -0.481 e. The van der Waals surface area contributed by atoms with Crippen LogP contribution in [0.2, 0.25) is 0 Å². The highest BCUT2D eigenvalue weighted by Gasteiger charge is 2.26. The third-order valence-corrected chi connectivity index (χ3v) is 20.7. The summed E-state index contributed by atoms with van der Waals surface area (Å²) in [5.74, 6) is 3.32. The molecule has 0 aliphatic heterocycles. The molecule has 0 radical (unpaired) electrons. The van der Waals surface area contributed by atoms with Crippen molar-refractivity contribution in [2.24, 2.45) is 0 Å². The normalized spacial score (nSPS) is 11.9. The molecule has 576 valence electrons. The van der Waals surface area contributed by atoms with Crippen molar-refractivity contribution in [1.82, 2.24) is 48.6 Å². The van der Waals surface area contributed by atoms with E-state index in [2.05, 4.69) is 70.1 Å². The quantitative estimate of drug-likeness (QED) is 0.0547. The maximum Gasteiger partial charge on any atom is 0.263 e. The smallest absolute Gasteiger partial charge is 0.263 e. The highest BCUT2D eigenvalue weighted by molar-refractivity contribution is 7.92. The van der Waals surface area contributed by atoms with Crippen LogP contribution >= 0.6 is 0 Å². The fourth-order valence-electron chi connectivity index (χ4n) is 13.6. The van der Waals surface area contributed by atoms with Gasteiger partial charge in [0.1, 0.15) is 34.9 Å². The first kappa shape index (κ1) is 79.2. The summed E-state index contributed by atoms with van der Waals surface area (Å²) in [6.07, 6.45) is 6.73. The van der Waals surface area contributed by atoms with E-state index in [9.17, 15) is 31.2 Å². The van der Waals surface area contributed by atoms with Crippen molar-refractivity contribution in [2.45, 2.75) is 64.6 Å². The number of hydrogen-bond acceptors (Lipinski definition) is 18. The number of methoxy groups -OCH3 is 1. The zero-order valence-electron chi connectivity index (χ0n) is 64.3. The van der Waals surface area contributed by atoms with Gasteiger partial charge in [-0.3, -0.25) is 47.8 Å². The van der Waals surface area contributed by atoms with Gasteiger partial charge >= 0.3 is 0 Å². The number of ether oxygens (including phenoxy) is 1. The van der Waals surface area contributed by atoms with Crippen LogP contribution in [0.4, 0.5) is 40.2 Å². The molecule has 8 aromatic carbocycles. The fraction of sp³-hybridized carbons (Fsp3) is 0.135. The molecule has 0 saturated carbocycles. The molecule has 27 heteroatoms. The molecular formula is C89H75N17O8S2. The molecule has 25 nitrogen and oxygen atoms in total. The summed E-state index contributed by atoms with van der Waals surface area (Å²) in [6, 6.07) is 69.0. The number of para-hydroxylation sites is 3. The highest BCUT2D eigenvalue weighted by Crippen LogP contribution is 2.37. The fourth-order valence-corrected chi connectivity index (χ4v) is 14.8. The lowest BCUT2D eigenvalue weighted by Gasteiger charge is -2.22. The number of aryl methyl sites for hydroxylation is 3. The number of rotatable bonds is 19. The second-order valence-corrected chi connectivity index (χ2v) is 30.9. The van der Waals surface area contributed by atoms with Crippen LogP contribution in [0.15, 0.2) is 268 Å². The average Bonchev–Trinajstić information content (AvgIpc) is 0.761. The highest BCUT2D eigenvalue weighted by atomic mass is 32.2. The number of nitrogens with one attached hydrogen (secondary N) is 4. The number of fused-ring (bicyclic) bond motifs is 3. The predicted molar refractivity (Wildman–Crippen MR) is 456 cm³/mol. The molecule has 15 aromatic rings. The van der Waals surface area contributed by atoms with Crippen LogP contribution in [0.1, 0.15) is 73.5 Å². The number of nitrogens with zero attached hydrogens (tertiary/aromatic N) is 13.